The topological polar surface area (TPSA) is 32.3 Å². The maximum Gasteiger partial charge on any atom is 0.228 e. The maximum absolute atomic E-state index is 12.4. The summed E-state index contributed by atoms with van der Waals surface area (Å²) in [5, 5.41) is 3.09. The molecule has 0 spiro atoms. The van der Waals surface area contributed by atoms with E-state index in [1.165, 1.54) is 28.2 Å². The van der Waals surface area contributed by atoms with Gasteiger partial charge in [-0.05, 0) is 36.6 Å². The Morgan fingerprint density at radius 1 is 1.12 bits per heavy atom. The van der Waals surface area contributed by atoms with E-state index in [4.69, 9.17) is 0 Å². The Kier molecular flexibility index (Phi) is 6.16. The van der Waals surface area contributed by atoms with Crippen molar-refractivity contribution >= 4 is 23.4 Å². The van der Waals surface area contributed by atoms with Crippen molar-refractivity contribution in [2.45, 2.75) is 26.8 Å². The van der Waals surface area contributed by atoms with Crippen LogP contribution >= 0.6 is 11.8 Å². The smallest absolute Gasteiger partial charge is 0.228 e. The van der Waals surface area contributed by atoms with Crippen molar-refractivity contribution in [3.8, 4) is 0 Å². The summed E-state index contributed by atoms with van der Waals surface area (Å²) in [6.07, 6.45) is 0.411. The number of anilines is 1. The number of hydrogen-bond donors (Lipinski definition) is 1. The van der Waals surface area contributed by atoms with E-state index in [0.29, 0.717) is 6.42 Å². The SMILES string of the molecule is Cc1cccc(CC(=O)Nc2cccc(CN3CCSCC3)c2C)c1. The molecular weight excluding hydrogens is 328 g/mol. The van der Waals surface area contributed by atoms with E-state index >= 15 is 0 Å². The molecule has 2 aromatic carbocycles. The Morgan fingerprint density at radius 2 is 1.88 bits per heavy atom. The van der Waals surface area contributed by atoms with Crippen LogP contribution in [0.4, 0.5) is 5.69 Å². The van der Waals surface area contributed by atoms with Gasteiger partial charge < -0.3 is 5.32 Å². The monoisotopic (exact) mass is 354 g/mol. The van der Waals surface area contributed by atoms with Gasteiger partial charge in [0.1, 0.15) is 0 Å². The quantitative estimate of drug-likeness (QED) is 0.880. The van der Waals surface area contributed by atoms with Crippen LogP contribution in [0, 0.1) is 13.8 Å². The van der Waals surface area contributed by atoms with Crippen molar-refractivity contribution in [3.05, 3.63) is 64.7 Å². The lowest BCUT2D eigenvalue weighted by Gasteiger charge is -2.27. The molecule has 1 aliphatic rings. The number of benzene rings is 2. The van der Waals surface area contributed by atoms with Crippen LogP contribution in [-0.2, 0) is 17.8 Å². The van der Waals surface area contributed by atoms with Gasteiger partial charge in [0, 0.05) is 36.8 Å². The lowest BCUT2D eigenvalue weighted by molar-refractivity contribution is -0.115. The first-order valence-electron chi connectivity index (χ1n) is 8.86. The molecule has 1 amide bonds. The van der Waals surface area contributed by atoms with Crippen LogP contribution in [0.1, 0.15) is 22.3 Å². The summed E-state index contributed by atoms with van der Waals surface area (Å²) in [7, 11) is 0. The highest BCUT2D eigenvalue weighted by Gasteiger charge is 2.14. The van der Waals surface area contributed by atoms with Crippen LogP contribution in [0.25, 0.3) is 0 Å². The number of carbonyl (C=O) groups excluding carboxylic acids is 1. The third-order valence-corrected chi connectivity index (χ3v) is 5.61. The molecule has 4 heteroatoms. The Hall–Kier alpha value is -1.78. The molecule has 0 bridgehead atoms. The van der Waals surface area contributed by atoms with Gasteiger partial charge in [0.15, 0.2) is 0 Å². The first-order chi connectivity index (χ1) is 12.1. The van der Waals surface area contributed by atoms with E-state index in [2.05, 4.69) is 29.3 Å². The van der Waals surface area contributed by atoms with Crippen LogP contribution < -0.4 is 5.32 Å². The van der Waals surface area contributed by atoms with Crippen molar-refractivity contribution < 1.29 is 4.79 Å². The largest absolute Gasteiger partial charge is 0.326 e. The van der Waals surface area contributed by atoms with Gasteiger partial charge in [-0.25, -0.2) is 0 Å². The normalized spacial score (nSPS) is 15.1. The number of aryl methyl sites for hydroxylation is 1. The first kappa shape index (κ1) is 18.0. The molecule has 132 valence electrons. The first-order valence-corrected chi connectivity index (χ1v) is 10.0. The second kappa shape index (κ2) is 8.54. The van der Waals surface area contributed by atoms with Crippen molar-refractivity contribution in [1.82, 2.24) is 4.90 Å². The minimum absolute atomic E-state index is 0.0419. The van der Waals surface area contributed by atoms with E-state index in [-0.39, 0.29) is 5.91 Å². The van der Waals surface area contributed by atoms with Gasteiger partial charge in [0.25, 0.3) is 0 Å². The summed E-state index contributed by atoms with van der Waals surface area (Å²) in [4.78, 5) is 14.9. The summed E-state index contributed by atoms with van der Waals surface area (Å²) in [6.45, 7) is 7.42. The third-order valence-electron chi connectivity index (χ3n) is 4.66. The molecule has 1 fully saturated rings. The van der Waals surface area contributed by atoms with Crippen molar-refractivity contribution in [2.75, 3.05) is 29.9 Å². The minimum Gasteiger partial charge on any atom is -0.326 e. The Balaban J connectivity index is 1.65. The molecule has 3 nitrogen and oxygen atoms in total. The molecule has 3 rings (SSSR count). The van der Waals surface area contributed by atoms with Crippen molar-refractivity contribution in [3.63, 3.8) is 0 Å². The van der Waals surface area contributed by atoms with Gasteiger partial charge in [-0.15, -0.1) is 0 Å². The number of amides is 1. The van der Waals surface area contributed by atoms with Crippen LogP contribution in [0.15, 0.2) is 42.5 Å². The zero-order valence-corrected chi connectivity index (χ0v) is 15.9. The molecular formula is C21H26N2OS. The fourth-order valence-electron chi connectivity index (χ4n) is 3.19. The fourth-order valence-corrected chi connectivity index (χ4v) is 4.17. The van der Waals surface area contributed by atoms with Gasteiger partial charge in [-0.1, -0.05) is 42.0 Å². The summed E-state index contributed by atoms with van der Waals surface area (Å²) < 4.78 is 0. The zero-order valence-electron chi connectivity index (χ0n) is 15.0. The Bertz CT molecular complexity index is 738. The Labute approximate surface area is 154 Å². The molecule has 25 heavy (non-hydrogen) atoms. The average Bonchev–Trinajstić information content (AvgIpc) is 2.59. The molecule has 0 saturated carbocycles. The predicted octanol–water partition coefficient (Wildman–Crippen LogP) is 4.03. The highest BCUT2D eigenvalue weighted by atomic mass is 32.2. The molecule has 2 aromatic rings. The van der Waals surface area contributed by atoms with E-state index in [1.54, 1.807) is 0 Å². The lowest BCUT2D eigenvalue weighted by atomic mass is 10.1. The highest BCUT2D eigenvalue weighted by molar-refractivity contribution is 7.99. The number of hydrogen-bond acceptors (Lipinski definition) is 3. The second-order valence-electron chi connectivity index (χ2n) is 6.69. The molecule has 0 atom stereocenters. The van der Waals surface area contributed by atoms with E-state index in [9.17, 15) is 4.79 Å². The summed E-state index contributed by atoms with van der Waals surface area (Å²) in [6, 6.07) is 14.3. The van der Waals surface area contributed by atoms with Gasteiger partial charge >= 0.3 is 0 Å². The van der Waals surface area contributed by atoms with Crippen LogP contribution in [-0.4, -0.2) is 35.4 Å². The Morgan fingerprint density at radius 3 is 2.64 bits per heavy atom. The van der Waals surface area contributed by atoms with Crippen molar-refractivity contribution in [1.29, 1.82) is 0 Å². The second-order valence-corrected chi connectivity index (χ2v) is 7.92. The summed E-state index contributed by atoms with van der Waals surface area (Å²) in [5.74, 6) is 2.47. The van der Waals surface area contributed by atoms with E-state index in [1.807, 2.05) is 49.0 Å². The molecule has 0 radical (unpaired) electrons. The number of carbonyl (C=O) groups is 1. The van der Waals surface area contributed by atoms with Gasteiger partial charge in [-0.2, -0.15) is 11.8 Å². The van der Waals surface area contributed by atoms with E-state index in [0.717, 1.165) is 30.9 Å². The average molecular weight is 355 g/mol. The summed E-state index contributed by atoms with van der Waals surface area (Å²) >= 11 is 2.03. The molecule has 1 aliphatic heterocycles. The van der Waals surface area contributed by atoms with Crippen molar-refractivity contribution in [2.24, 2.45) is 0 Å². The molecule has 0 aliphatic carbocycles. The van der Waals surface area contributed by atoms with Crippen LogP contribution in [0.3, 0.4) is 0 Å². The number of thioether (sulfide) groups is 1. The van der Waals surface area contributed by atoms with Gasteiger partial charge in [0.05, 0.1) is 6.42 Å². The fraction of sp³-hybridized carbons (Fsp3) is 0.381. The van der Waals surface area contributed by atoms with Crippen LogP contribution in [0.2, 0.25) is 0 Å². The number of nitrogens with one attached hydrogen (secondary N) is 1. The summed E-state index contributed by atoms with van der Waals surface area (Å²) in [5.41, 5.74) is 5.65. The molecule has 0 aromatic heterocycles. The molecule has 1 heterocycles. The number of nitrogens with zero attached hydrogens (tertiary/aromatic N) is 1. The van der Waals surface area contributed by atoms with Crippen LogP contribution in [0.5, 0.6) is 0 Å². The number of rotatable bonds is 5. The zero-order chi connectivity index (χ0) is 17.6. The van der Waals surface area contributed by atoms with Gasteiger partial charge in [0.2, 0.25) is 5.91 Å². The minimum atomic E-state index is 0.0419. The standard InChI is InChI=1S/C21H26N2OS/c1-16-5-3-6-18(13-16)14-21(24)22-20-8-4-7-19(17(20)2)15-23-9-11-25-12-10-23/h3-8,13H,9-12,14-15H2,1-2H3,(H,22,24). The third kappa shape index (κ3) is 5.10. The lowest BCUT2D eigenvalue weighted by Crippen LogP contribution is -2.32. The maximum atomic E-state index is 12.4. The van der Waals surface area contributed by atoms with E-state index < -0.39 is 0 Å². The predicted molar refractivity (Wildman–Crippen MR) is 107 cm³/mol. The molecule has 1 N–H and O–H groups in total. The van der Waals surface area contributed by atoms with Gasteiger partial charge in [-0.3, -0.25) is 9.69 Å². The molecule has 0 unspecified atom stereocenters. The molecule has 1 saturated heterocycles. The highest BCUT2D eigenvalue weighted by Crippen LogP contribution is 2.22.